The van der Waals surface area contributed by atoms with Gasteiger partial charge in [-0.2, -0.15) is 0 Å². The molecule has 0 saturated heterocycles. The summed E-state index contributed by atoms with van der Waals surface area (Å²) in [7, 11) is 0. The Morgan fingerprint density at radius 1 is 0.917 bits per heavy atom. The number of hydrogen-bond donors (Lipinski definition) is 0. The van der Waals surface area contributed by atoms with Crippen LogP contribution in [0.15, 0.2) is 60.7 Å². The first-order valence-electron chi connectivity index (χ1n) is 7.37. The highest BCUT2D eigenvalue weighted by Gasteiger charge is 2.04. The lowest BCUT2D eigenvalue weighted by Crippen LogP contribution is -2.18. The highest BCUT2D eigenvalue weighted by Crippen LogP contribution is 2.24. The number of hydrogen-bond acceptors (Lipinski definition) is 2. The molecule has 0 aromatic heterocycles. The average Bonchev–Trinajstić information content (AvgIpc) is 2.55. The van der Waals surface area contributed by atoms with Gasteiger partial charge in [0.05, 0.1) is 5.97 Å². The fourth-order valence-electron chi connectivity index (χ4n) is 2.64. The van der Waals surface area contributed by atoms with E-state index in [0.29, 0.717) is 16.5 Å². The predicted octanol–water partition coefficient (Wildman–Crippen LogP) is 4.50. The lowest BCUT2D eigenvalue weighted by molar-refractivity contribution is -0.297. The second-order valence-electron chi connectivity index (χ2n) is 5.50. The van der Waals surface area contributed by atoms with Gasteiger partial charge in [0.1, 0.15) is 0 Å². The lowest BCUT2D eigenvalue weighted by atomic mass is 9.97. The number of carboxylic acid groups (broad SMARTS) is 1. The van der Waals surface area contributed by atoms with Gasteiger partial charge in [0.2, 0.25) is 0 Å². The Morgan fingerprint density at radius 3 is 2.38 bits per heavy atom. The van der Waals surface area contributed by atoms with Gasteiger partial charge in [0.25, 0.3) is 0 Å². The van der Waals surface area contributed by atoms with Crippen LogP contribution in [-0.4, -0.2) is 5.97 Å². The number of fused-ring (bicyclic) bond motifs is 1. The molecule has 2 nitrogen and oxygen atoms in total. The van der Waals surface area contributed by atoms with Crippen LogP contribution in [-0.2, 0) is 11.2 Å². The molecule has 0 heterocycles. The average molecular weight is 356 g/mol. The molecule has 0 fully saturated rings. The maximum Gasteiger partial charge on any atom is 0.0643 e. The van der Waals surface area contributed by atoms with Crippen molar-refractivity contribution in [2.24, 2.45) is 0 Å². The Kier molecular flexibility index (Phi) is 4.89. The molecule has 0 atom stereocenters. The van der Waals surface area contributed by atoms with Crippen LogP contribution >= 0.6 is 23.2 Å². The number of carboxylic acids is 1. The van der Waals surface area contributed by atoms with Crippen molar-refractivity contribution in [1.82, 2.24) is 0 Å². The molecule has 3 rings (SSSR count). The summed E-state index contributed by atoms with van der Waals surface area (Å²) in [6, 6.07) is 17.4. The van der Waals surface area contributed by atoms with Gasteiger partial charge in [-0.15, -0.1) is 0 Å². The van der Waals surface area contributed by atoms with E-state index in [0.717, 1.165) is 33.5 Å². The van der Waals surface area contributed by atoms with E-state index in [-0.39, 0.29) is 0 Å². The van der Waals surface area contributed by atoms with Crippen molar-refractivity contribution in [3.8, 4) is 0 Å². The standard InChI is InChI=1S/C20H14Cl2O2/c21-18-6-3-14-9-13(1-2-16(14)11-18)10-15-4-7-19(22)12-17(15)5-8-20(23)24/h1-9,11-12H,10H2,(H,23,24)/p-1/b8-5+. The van der Waals surface area contributed by atoms with Crippen LogP contribution in [0, 0.1) is 0 Å². The van der Waals surface area contributed by atoms with Crippen molar-refractivity contribution in [3.05, 3.63) is 87.4 Å². The fraction of sp³-hybridized carbons (Fsp3) is 0.0500. The third-order valence-electron chi connectivity index (χ3n) is 3.77. The summed E-state index contributed by atoms with van der Waals surface area (Å²) in [4.78, 5) is 10.7. The highest BCUT2D eigenvalue weighted by molar-refractivity contribution is 6.31. The molecular weight excluding hydrogens is 343 g/mol. The summed E-state index contributed by atoms with van der Waals surface area (Å²) in [6.45, 7) is 0. The van der Waals surface area contributed by atoms with E-state index in [2.05, 4.69) is 6.07 Å². The minimum absolute atomic E-state index is 0.560. The van der Waals surface area contributed by atoms with E-state index in [1.165, 1.54) is 6.08 Å². The van der Waals surface area contributed by atoms with E-state index in [1.807, 2.05) is 36.4 Å². The first kappa shape index (κ1) is 16.6. The highest BCUT2D eigenvalue weighted by atomic mass is 35.5. The first-order chi connectivity index (χ1) is 11.5. The van der Waals surface area contributed by atoms with Crippen LogP contribution in [0.2, 0.25) is 10.0 Å². The molecule has 0 radical (unpaired) electrons. The second-order valence-corrected chi connectivity index (χ2v) is 6.37. The van der Waals surface area contributed by atoms with Crippen LogP contribution in [0.25, 0.3) is 16.8 Å². The summed E-state index contributed by atoms with van der Waals surface area (Å²) in [5.74, 6) is -1.23. The maximum absolute atomic E-state index is 10.7. The van der Waals surface area contributed by atoms with Gasteiger partial charge in [-0.1, -0.05) is 59.6 Å². The minimum atomic E-state index is -1.23. The van der Waals surface area contributed by atoms with Gasteiger partial charge in [0.15, 0.2) is 0 Å². The topological polar surface area (TPSA) is 40.1 Å². The Labute approximate surface area is 150 Å². The molecular formula is C20H13Cl2O2-. The first-order valence-corrected chi connectivity index (χ1v) is 8.12. The zero-order valence-corrected chi connectivity index (χ0v) is 14.1. The molecule has 24 heavy (non-hydrogen) atoms. The molecule has 0 unspecified atom stereocenters. The predicted molar refractivity (Wildman–Crippen MR) is 97.3 cm³/mol. The Balaban J connectivity index is 1.96. The van der Waals surface area contributed by atoms with Gasteiger partial charge in [-0.05, 0) is 64.2 Å². The van der Waals surface area contributed by atoms with Crippen molar-refractivity contribution in [2.75, 3.05) is 0 Å². The van der Waals surface area contributed by atoms with Crippen LogP contribution < -0.4 is 5.11 Å². The van der Waals surface area contributed by atoms with Gasteiger partial charge in [-0.25, -0.2) is 0 Å². The van der Waals surface area contributed by atoms with E-state index in [9.17, 15) is 9.90 Å². The smallest absolute Gasteiger partial charge is 0.0643 e. The number of benzene rings is 3. The monoisotopic (exact) mass is 355 g/mol. The van der Waals surface area contributed by atoms with Gasteiger partial charge < -0.3 is 9.90 Å². The maximum atomic E-state index is 10.7. The zero-order valence-electron chi connectivity index (χ0n) is 12.6. The van der Waals surface area contributed by atoms with E-state index in [4.69, 9.17) is 23.2 Å². The summed E-state index contributed by atoms with van der Waals surface area (Å²) >= 11 is 12.0. The molecule has 0 amide bonds. The molecule has 120 valence electrons. The van der Waals surface area contributed by atoms with Gasteiger partial charge in [-0.3, -0.25) is 0 Å². The van der Waals surface area contributed by atoms with Crippen molar-refractivity contribution >= 4 is 46.0 Å². The Bertz CT molecular complexity index is 946. The number of halogens is 2. The van der Waals surface area contributed by atoms with E-state index >= 15 is 0 Å². The van der Waals surface area contributed by atoms with Crippen LogP contribution in [0.4, 0.5) is 0 Å². The molecule has 3 aromatic rings. The Hall–Kier alpha value is -2.29. The fourth-order valence-corrected chi connectivity index (χ4v) is 3.00. The third kappa shape index (κ3) is 3.97. The van der Waals surface area contributed by atoms with Gasteiger partial charge >= 0.3 is 0 Å². The van der Waals surface area contributed by atoms with E-state index in [1.54, 1.807) is 12.1 Å². The van der Waals surface area contributed by atoms with E-state index < -0.39 is 5.97 Å². The Morgan fingerprint density at radius 2 is 1.58 bits per heavy atom. The van der Waals surface area contributed by atoms with Crippen molar-refractivity contribution in [3.63, 3.8) is 0 Å². The lowest BCUT2D eigenvalue weighted by Gasteiger charge is -2.09. The number of rotatable bonds is 4. The molecule has 0 aliphatic heterocycles. The zero-order chi connectivity index (χ0) is 17.1. The van der Waals surface area contributed by atoms with Crippen LogP contribution in [0.1, 0.15) is 16.7 Å². The SMILES string of the molecule is O=C([O-])/C=C/c1cc(Cl)ccc1Cc1ccc2cc(Cl)ccc2c1. The molecule has 0 N–H and O–H groups in total. The number of carbonyl (C=O) groups excluding carboxylic acids is 1. The summed E-state index contributed by atoms with van der Waals surface area (Å²) in [6.07, 6.45) is 3.19. The number of aliphatic carboxylic acids is 1. The summed E-state index contributed by atoms with van der Waals surface area (Å²) in [5, 5.41) is 14.1. The summed E-state index contributed by atoms with van der Waals surface area (Å²) < 4.78 is 0. The van der Waals surface area contributed by atoms with Crippen molar-refractivity contribution in [2.45, 2.75) is 6.42 Å². The largest absolute Gasteiger partial charge is 0.545 e. The van der Waals surface area contributed by atoms with Crippen LogP contribution in [0.3, 0.4) is 0 Å². The second kappa shape index (κ2) is 7.08. The molecule has 3 aromatic carbocycles. The molecule has 0 spiro atoms. The number of carbonyl (C=O) groups is 1. The minimum Gasteiger partial charge on any atom is -0.545 e. The molecule has 0 saturated carbocycles. The third-order valence-corrected chi connectivity index (χ3v) is 4.24. The molecule has 4 heteroatoms. The molecule has 0 bridgehead atoms. The molecule has 0 aliphatic rings. The summed E-state index contributed by atoms with van der Waals surface area (Å²) in [5.41, 5.74) is 2.88. The molecule has 0 aliphatic carbocycles. The van der Waals surface area contributed by atoms with Crippen molar-refractivity contribution < 1.29 is 9.90 Å². The quantitative estimate of drug-likeness (QED) is 0.646. The van der Waals surface area contributed by atoms with Crippen LogP contribution in [0.5, 0.6) is 0 Å². The van der Waals surface area contributed by atoms with Gasteiger partial charge in [0, 0.05) is 10.0 Å². The normalized spacial score (nSPS) is 11.2. The van der Waals surface area contributed by atoms with Crippen molar-refractivity contribution in [1.29, 1.82) is 0 Å².